The molecule has 1 heterocycles. The molecule has 23 heavy (non-hydrogen) atoms. The molecule has 2 aromatic rings. The van der Waals surface area contributed by atoms with Crippen molar-refractivity contribution in [3.8, 4) is 0 Å². The van der Waals surface area contributed by atoms with Gasteiger partial charge in [0.1, 0.15) is 6.04 Å². The number of nitrogens with zero attached hydrogens (tertiary/aromatic N) is 1. The average molecular weight is 391 g/mol. The Morgan fingerprint density at radius 1 is 1.30 bits per heavy atom. The SMILES string of the molecule is O=C(O)[C@@H](Cc1ccc(Br)c2cccnc12)NC(=O)C(F)(F)F. The second kappa shape index (κ2) is 6.53. The Bertz CT molecular complexity index is 765. The zero-order valence-electron chi connectivity index (χ0n) is 11.4. The van der Waals surface area contributed by atoms with E-state index in [0.717, 1.165) is 4.47 Å². The van der Waals surface area contributed by atoms with Gasteiger partial charge in [-0.05, 0) is 17.7 Å². The number of nitrogens with one attached hydrogen (secondary N) is 1. The quantitative estimate of drug-likeness (QED) is 0.840. The molecule has 0 fully saturated rings. The van der Waals surface area contributed by atoms with E-state index >= 15 is 0 Å². The molecule has 0 saturated heterocycles. The van der Waals surface area contributed by atoms with E-state index in [1.54, 1.807) is 24.3 Å². The number of alkyl halides is 3. The van der Waals surface area contributed by atoms with Crippen LogP contribution in [0.4, 0.5) is 13.2 Å². The van der Waals surface area contributed by atoms with E-state index in [9.17, 15) is 22.8 Å². The van der Waals surface area contributed by atoms with Gasteiger partial charge in [-0.15, -0.1) is 0 Å². The Kier molecular flexibility index (Phi) is 4.88. The molecule has 0 aliphatic rings. The minimum absolute atomic E-state index is 0.321. The van der Waals surface area contributed by atoms with Crippen LogP contribution in [0.3, 0.4) is 0 Å². The van der Waals surface area contributed by atoms with Crippen LogP contribution in [0.5, 0.6) is 0 Å². The molecule has 122 valence electrons. The smallest absolute Gasteiger partial charge is 0.471 e. The maximum atomic E-state index is 12.3. The summed E-state index contributed by atoms with van der Waals surface area (Å²) in [4.78, 5) is 26.2. The highest BCUT2D eigenvalue weighted by atomic mass is 79.9. The molecule has 9 heteroatoms. The molecule has 2 N–H and O–H groups in total. The lowest BCUT2D eigenvalue weighted by Gasteiger charge is -2.16. The zero-order valence-corrected chi connectivity index (χ0v) is 13.0. The van der Waals surface area contributed by atoms with Crippen LogP contribution >= 0.6 is 15.9 Å². The van der Waals surface area contributed by atoms with Crippen molar-refractivity contribution in [2.75, 3.05) is 0 Å². The average Bonchev–Trinajstić information content (AvgIpc) is 2.48. The minimum Gasteiger partial charge on any atom is -0.480 e. The molecule has 1 aromatic carbocycles. The maximum absolute atomic E-state index is 12.3. The van der Waals surface area contributed by atoms with Crippen LogP contribution in [-0.4, -0.2) is 34.2 Å². The molecule has 1 aromatic heterocycles. The summed E-state index contributed by atoms with van der Waals surface area (Å²) in [5, 5.41) is 11.2. The summed E-state index contributed by atoms with van der Waals surface area (Å²) in [6, 6.07) is 4.89. The molecule has 0 unspecified atom stereocenters. The van der Waals surface area contributed by atoms with Crippen LogP contribution in [0.2, 0.25) is 0 Å². The molecular weight excluding hydrogens is 381 g/mol. The van der Waals surface area contributed by atoms with Crippen LogP contribution in [0.25, 0.3) is 10.9 Å². The standard InChI is InChI=1S/C14H10BrF3N2O3/c15-9-4-3-7(11-8(9)2-1-5-19-11)6-10(12(21)22)20-13(23)14(16,17)18/h1-5,10H,6H2,(H,20,23)(H,21,22)/t10-/m1/s1. The Morgan fingerprint density at radius 3 is 2.61 bits per heavy atom. The van der Waals surface area contributed by atoms with Crippen molar-refractivity contribution < 1.29 is 27.9 Å². The highest BCUT2D eigenvalue weighted by Gasteiger charge is 2.40. The molecule has 0 radical (unpaired) electrons. The number of carbonyl (C=O) groups is 2. The van der Waals surface area contributed by atoms with Crippen LogP contribution in [0.15, 0.2) is 34.9 Å². The lowest BCUT2D eigenvalue weighted by atomic mass is 10.0. The number of aromatic nitrogens is 1. The number of carboxylic acids is 1. The number of carboxylic acid groups (broad SMARTS) is 1. The number of hydrogen-bond donors (Lipinski definition) is 2. The summed E-state index contributed by atoms with van der Waals surface area (Å²) in [5.41, 5.74) is 0.869. The van der Waals surface area contributed by atoms with Crippen molar-refractivity contribution >= 4 is 38.7 Å². The number of fused-ring (bicyclic) bond motifs is 1. The van der Waals surface area contributed by atoms with Crippen LogP contribution in [0.1, 0.15) is 5.56 Å². The third kappa shape index (κ3) is 3.98. The predicted octanol–water partition coefficient (Wildman–Crippen LogP) is 2.67. The number of benzene rings is 1. The third-order valence-corrected chi connectivity index (χ3v) is 3.78. The van der Waals surface area contributed by atoms with Crippen molar-refractivity contribution in [2.24, 2.45) is 0 Å². The maximum Gasteiger partial charge on any atom is 0.471 e. The van der Waals surface area contributed by atoms with Crippen molar-refractivity contribution in [3.63, 3.8) is 0 Å². The molecule has 0 spiro atoms. The monoisotopic (exact) mass is 390 g/mol. The van der Waals surface area contributed by atoms with E-state index in [0.29, 0.717) is 16.5 Å². The summed E-state index contributed by atoms with van der Waals surface area (Å²) in [7, 11) is 0. The summed E-state index contributed by atoms with van der Waals surface area (Å²) >= 11 is 3.32. The van der Waals surface area contributed by atoms with Gasteiger partial charge in [0, 0.05) is 22.5 Å². The van der Waals surface area contributed by atoms with E-state index < -0.39 is 24.1 Å². The fourth-order valence-corrected chi connectivity index (χ4v) is 2.47. The number of amides is 1. The highest BCUT2D eigenvalue weighted by Crippen LogP contribution is 2.26. The molecule has 1 atom stereocenters. The number of carbonyl (C=O) groups excluding carboxylic acids is 1. The van der Waals surface area contributed by atoms with Gasteiger partial charge in [0.15, 0.2) is 0 Å². The predicted molar refractivity (Wildman–Crippen MR) is 78.8 cm³/mol. The first kappa shape index (κ1) is 17.2. The van der Waals surface area contributed by atoms with E-state index in [-0.39, 0.29) is 6.42 Å². The lowest BCUT2D eigenvalue weighted by molar-refractivity contribution is -0.175. The Hall–Kier alpha value is -2.16. The second-order valence-electron chi connectivity index (χ2n) is 4.67. The first-order chi connectivity index (χ1) is 10.7. The van der Waals surface area contributed by atoms with Crippen LogP contribution in [-0.2, 0) is 16.0 Å². The number of hydrogen-bond acceptors (Lipinski definition) is 3. The summed E-state index contributed by atoms with van der Waals surface area (Å²) in [5.74, 6) is -3.85. The van der Waals surface area contributed by atoms with Gasteiger partial charge in [-0.1, -0.05) is 28.1 Å². The Balaban J connectivity index is 2.33. The molecule has 0 saturated carbocycles. The van der Waals surface area contributed by atoms with Gasteiger partial charge >= 0.3 is 18.1 Å². The van der Waals surface area contributed by atoms with Crippen molar-refractivity contribution in [1.29, 1.82) is 0 Å². The van der Waals surface area contributed by atoms with Gasteiger partial charge in [-0.3, -0.25) is 9.78 Å². The Labute approximate surface area is 136 Å². The minimum atomic E-state index is -5.15. The summed E-state index contributed by atoms with van der Waals surface area (Å²) in [6.07, 6.45) is -3.98. The number of rotatable bonds is 4. The van der Waals surface area contributed by atoms with E-state index in [1.165, 1.54) is 11.5 Å². The van der Waals surface area contributed by atoms with E-state index in [2.05, 4.69) is 20.9 Å². The summed E-state index contributed by atoms with van der Waals surface area (Å²) in [6.45, 7) is 0. The first-order valence-electron chi connectivity index (χ1n) is 6.32. The topological polar surface area (TPSA) is 79.3 Å². The van der Waals surface area contributed by atoms with Crippen molar-refractivity contribution in [1.82, 2.24) is 10.3 Å². The third-order valence-electron chi connectivity index (χ3n) is 3.08. The van der Waals surface area contributed by atoms with Gasteiger partial charge in [0.2, 0.25) is 0 Å². The Morgan fingerprint density at radius 2 is 2.00 bits per heavy atom. The second-order valence-corrected chi connectivity index (χ2v) is 5.53. The van der Waals surface area contributed by atoms with Gasteiger partial charge in [-0.25, -0.2) is 4.79 Å². The number of aliphatic carboxylic acids is 1. The summed E-state index contributed by atoms with van der Waals surface area (Å²) < 4.78 is 37.6. The van der Waals surface area contributed by atoms with E-state index in [1.807, 2.05) is 0 Å². The van der Waals surface area contributed by atoms with Crippen LogP contribution < -0.4 is 5.32 Å². The largest absolute Gasteiger partial charge is 0.480 e. The van der Waals surface area contributed by atoms with E-state index in [4.69, 9.17) is 5.11 Å². The highest BCUT2D eigenvalue weighted by molar-refractivity contribution is 9.10. The fraction of sp³-hybridized carbons (Fsp3) is 0.214. The van der Waals surface area contributed by atoms with Gasteiger partial charge in [0.05, 0.1) is 5.52 Å². The van der Waals surface area contributed by atoms with Crippen LogP contribution in [0, 0.1) is 0 Å². The van der Waals surface area contributed by atoms with Gasteiger partial charge in [-0.2, -0.15) is 13.2 Å². The van der Waals surface area contributed by atoms with Gasteiger partial charge in [0.25, 0.3) is 0 Å². The first-order valence-corrected chi connectivity index (χ1v) is 7.12. The van der Waals surface area contributed by atoms with Crippen molar-refractivity contribution in [2.45, 2.75) is 18.6 Å². The fourth-order valence-electron chi connectivity index (χ4n) is 2.02. The molecular formula is C14H10BrF3N2O3. The molecule has 2 rings (SSSR count). The van der Waals surface area contributed by atoms with Crippen molar-refractivity contribution in [3.05, 3.63) is 40.5 Å². The zero-order chi connectivity index (χ0) is 17.2. The molecule has 0 aliphatic heterocycles. The lowest BCUT2D eigenvalue weighted by Crippen LogP contribution is -2.47. The number of halogens is 4. The normalized spacial score (nSPS) is 12.9. The molecule has 0 bridgehead atoms. The molecule has 5 nitrogen and oxygen atoms in total. The van der Waals surface area contributed by atoms with Gasteiger partial charge < -0.3 is 10.4 Å². The number of pyridine rings is 1. The molecule has 1 amide bonds. The molecule has 0 aliphatic carbocycles.